The molecular formula is C16H20N6O3. The maximum absolute atomic E-state index is 12.0. The van der Waals surface area contributed by atoms with Crippen molar-refractivity contribution in [2.24, 2.45) is 5.92 Å². The van der Waals surface area contributed by atoms with Crippen LogP contribution in [0.25, 0.3) is 0 Å². The number of aromatic amines is 2. The first-order valence-electron chi connectivity index (χ1n) is 8.21. The largest absolute Gasteiger partial charge is 0.355 e. The summed E-state index contributed by atoms with van der Waals surface area (Å²) < 4.78 is 0. The molecule has 1 aliphatic heterocycles. The third kappa shape index (κ3) is 4.52. The second-order valence-corrected chi connectivity index (χ2v) is 6.08. The van der Waals surface area contributed by atoms with E-state index in [9.17, 15) is 14.4 Å². The number of nitrogens with one attached hydrogen (secondary N) is 3. The van der Waals surface area contributed by atoms with Gasteiger partial charge in [-0.3, -0.25) is 14.6 Å². The molecule has 0 aliphatic carbocycles. The molecule has 0 bridgehead atoms. The smallest absolute Gasteiger partial charge is 0.325 e. The second-order valence-electron chi connectivity index (χ2n) is 6.08. The first kappa shape index (κ1) is 16.9. The van der Waals surface area contributed by atoms with E-state index in [0.717, 1.165) is 25.9 Å². The van der Waals surface area contributed by atoms with Crippen LogP contribution in [0.4, 0.5) is 5.95 Å². The van der Waals surface area contributed by atoms with Crippen molar-refractivity contribution >= 4 is 11.9 Å². The lowest BCUT2D eigenvalue weighted by Gasteiger charge is -2.32. The van der Waals surface area contributed by atoms with Crippen molar-refractivity contribution in [2.45, 2.75) is 19.3 Å². The van der Waals surface area contributed by atoms with E-state index in [4.69, 9.17) is 0 Å². The molecule has 0 saturated carbocycles. The highest BCUT2D eigenvalue weighted by molar-refractivity contribution is 5.78. The molecule has 0 spiro atoms. The van der Waals surface area contributed by atoms with Crippen LogP contribution in [0, 0.1) is 5.92 Å². The minimum Gasteiger partial charge on any atom is -0.355 e. The summed E-state index contributed by atoms with van der Waals surface area (Å²) >= 11 is 0. The van der Waals surface area contributed by atoms with Crippen molar-refractivity contribution in [2.75, 3.05) is 24.5 Å². The summed E-state index contributed by atoms with van der Waals surface area (Å²) in [6, 6.07) is 1.78. The van der Waals surface area contributed by atoms with Crippen LogP contribution < -0.4 is 21.5 Å². The molecule has 3 N–H and O–H groups in total. The number of piperidine rings is 1. The molecule has 1 saturated heterocycles. The number of amides is 1. The Kier molecular flexibility index (Phi) is 5.22. The quantitative estimate of drug-likeness (QED) is 0.667. The van der Waals surface area contributed by atoms with E-state index < -0.39 is 11.2 Å². The normalized spacial score (nSPS) is 17.3. The Labute approximate surface area is 143 Å². The van der Waals surface area contributed by atoms with Gasteiger partial charge in [0.05, 0.1) is 6.42 Å². The molecule has 0 radical (unpaired) electrons. The summed E-state index contributed by atoms with van der Waals surface area (Å²) in [5, 5.41) is 2.86. The Morgan fingerprint density at radius 2 is 2.12 bits per heavy atom. The number of carbonyl (C=O) groups excluding carboxylic acids is 1. The van der Waals surface area contributed by atoms with Gasteiger partial charge in [-0.05, 0) is 24.8 Å². The Morgan fingerprint density at radius 3 is 2.88 bits per heavy atom. The summed E-state index contributed by atoms with van der Waals surface area (Å²) in [6.07, 6.45) is 6.67. The molecule has 0 aromatic carbocycles. The highest BCUT2D eigenvalue weighted by atomic mass is 16.2. The summed E-state index contributed by atoms with van der Waals surface area (Å²) in [7, 11) is 0. The van der Waals surface area contributed by atoms with Crippen LogP contribution in [0.2, 0.25) is 0 Å². The molecule has 132 valence electrons. The number of anilines is 1. The van der Waals surface area contributed by atoms with Crippen LogP contribution in [0.1, 0.15) is 18.4 Å². The number of hydrogen-bond acceptors (Lipinski definition) is 6. The third-order valence-corrected chi connectivity index (χ3v) is 4.19. The monoisotopic (exact) mass is 344 g/mol. The molecule has 9 nitrogen and oxygen atoms in total. The van der Waals surface area contributed by atoms with E-state index in [0.29, 0.717) is 18.4 Å². The molecule has 1 fully saturated rings. The number of nitrogens with zero attached hydrogens (tertiary/aromatic N) is 3. The van der Waals surface area contributed by atoms with Gasteiger partial charge in [-0.25, -0.2) is 14.8 Å². The van der Waals surface area contributed by atoms with E-state index in [1.807, 2.05) is 0 Å². The lowest BCUT2D eigenvalue weighted by atomic mass is 9.98. The molecule has 1 aliphatic rings. The van der Waals surface area contributed by atoms with Crippen molar-refractivity contribution in [3.05, 3.63) is 51.1 Å². The predicted molar refractivity (Wildman–Crippen MR) is 91.4 cm³/mol. The maximum atomic E-state index is 12.0. The fourth-order valence-electron chi connectivity index (χ4n) is 2.93. The summed E-state index contributed by atoms with van der Waals surface area (Å²) in [5.74, 6) is 0.763. The van der Waals surface area contributed by atoms with E-state index in [1.54, 1.807) is 18.5 Å². The minimum absolute atomic E-state index is 0.0651. The van der Waals surface area contributed by atoms with Gasteiger partial charge in [-0.15, -0.1) is 0 Å². The van der Waals surface area contributed by atoms with Gasteiger partial charge in [-0.2, -0.15) is 0 Å². The zero-order valence-corrected chi connectivity index (χ0v) is 13.7. The van der Waals surface area contributed by atoms with E-state index in [-0.39, 0.29) is 17.9 Å². The molecule has 3 heterocycles. The number of hydrogen-bond donors (Lipinski definition) is 3. The van der Waals surface area contributed by atoms with Gasteiger partial charge in [-0.1, -0.05) is 0 Å². The van der Waals surface area contributed by atoms with Gasteiger partial charge in [0.25, 0.3) is 5.56 Å². The van der Waals surface area contributed by atoms with Gasteiger partial charge in [0.1, 0.15) is 0 Å². The maximum Gasteiger partial charge on any atom is 0.325 e. The standard InChI is InChI=1S/C16H20N6O3/c23-13(7-12-9-20-16(25)21-14(12)24)19-8-11-3-1-6-22(10-11)15-17-4-2-5-18-15/h2,4-5,9,11H,1,3,6-8,10H2,(H,19,23)(H2,20,21,24,25). The number of rotatable bonds is 5. The van der Waals surface area contributed by atoms with Gasteiger partial charge in [0.15, 0.2) is 0 Å². The van der Waals surface area contributed by atoms with E-state index in [2.05, 4.69) is 30.2 Å². The Morgan fingerprint density at radius 1 is 1.32 bits per heavy atom. The van der Waals surface area contributed by atoms with E-state index in [1.165, 1.54) is 6.20 Å². The zero-order valence-electron chi connectivity index (χ0n) is 13.7. The average Bonchev–Trinajstić information content (AvgIpc) is 2.63. The lowest BCUT2D eigenvalue weighted by Crippen LogP contribution is -2.42. The van der Waals surface area contributed by atoms with Crippen LogP contribution in [0.3, 0.4) is 0 Å². The fourth-order valence-corrected chi connectivity index (χ4v) is 2.93. The molecule has 1 amide bonds. The summed E-state index contributed by atoms with van der Waals surface area (Å²) in [6.45, 7) is 2.22. The summed E-state index contributed by atoms with van der Waals surface area (Å²) in [5.41, 5.74) is -0.886. The Balaban J connectivity index is 1.51. The van der Waals surface area contributed by atoms with Crippen LogP contribution >= 0.6 is 0 Å². The van der Waals surface area contributed by atoms with Crippen LogP contribution in [0.15, 0.2) is 34.2 Å². The minimum atomic E-state index is -0.584. The van der Waals surface area contributed by atoms with Crippen LogP contribution in [0.5, 0.6) is 0 Å². The zero-order chi connectivity index (χ0) is 17.6. The first-order valence-corrected chi connectivity index (χ1v) is 8.21. The fraction of sp³-hybridized carbons (Fsp3) is 0.438. The van der Waals surface area contributed by atoms with Crippen molar-refractivity contribution in [1.82, 2.24) is 25.3 Å². The van der Waals surface area contributed by atoms with Crippen molar-refractivity contribution in [3.8, 4) is 0 Å². The molecule has 9 heteroatoms. The Bertz CT molecular complexity index is 832. The lowest BCUT2D eigenvalue weighted by molar-refractivity contribution is -0.120. The highest BCUT2D eigenvalue weighted by Gasteiger charge is 2.22. The number of H-pyrrole nitrogens is 2. The van der Waals surface area contributed by atoms with Crippen molar-refractivity contribution in [3.63, 3.8) is 0 Å². The second kappa shape index (κ2) is 7.73. The predicted octanol–water partition coefficient (Wildman–Crippen LogP) is -0.571. The number of aromatic nitrogens is 4. The molecule has 1 atom stereocenters. The van der Waals surface area contributed by atoms with Gasteiger partial charge in [0, 0.05) is 43.8 Å². The molecule has 25 heavy (non-hydrogen) atoms. The van der Waals surface area contributed by atoms with Crippen LogP contribution in [-0.2, 0) is 11.2 Å². The number of carbonyl (C=O) groups is 1. The van der Waals surface area contributed by atoms with Crippen molar-refractivity contribution < 1.29 is 4.79 Å². The van der Waals surface area contributed by atoms with Crippen molar-refractivity contribution in [1.29, 1.82) is 0 Å². The topological polar surface area (TPSA) is 124 Å². The molecule has 2 aromatic rings. The molecular weight excluding hydrogens is 324 g/mol. The SMILES string of the molecule is O=C(Cc1c[nH]c(=O)[nH]c1=O)NCC1CCCN(c2ncccn2)C1. The molecule has 1 unspecified atom stereocenters. The average molecular weight is 344 g/mol. The molecule has 2 aromatic heterocycles. The molecule has 3 rings (SSSR count). The summed E-state index contributed by atoms with van der Waals surface area (Å²) in [4.78, 5) is 49.8. The van der Waals surface area contributed by atoms with Gasteiger partial charge in [0.2, 0.25) is 11.9 Å². The highest BCUT2D eigenvalue weighted by Crippen LogP contribution is 2.19. The Hall–Kier alpha value is -2.97. The van der Waals surface area contributed by atoms with Gasteiger partial charge < -0.3 is 15.2 Å². The van der Waals surface area contributed by atoms with E-state index >= 15 is 0 Å². The first-order chi connectivity index (χ1) is 12.1. The third-order valence-electron chi connectivity index (χ3n) is 4.19. The van der Waals surface area contributed by atoms with Crippen LogP contribution in [-0.4, -0.2) is 45.5 Å². The van der Waals surface area contributed by atoms with Gasteiger partial charge >= 0.3 is 5.69 Å².